The highest BCUT2D eigenvalue weighted by Gasteiger charge is 2.27. The summed E-state index contributed by atoms with van der Waals surface area (Å²) in [7, 11) is -2.88. The quantitative estimate of drug-likeness (QED) is 0.633. The molecule has 94 valence electrons. The van der Waals surface area contributed by atoms with Crippen LogP contribution in [0.25, 0.3) is 0 Å². The van der Waals surface area contributed by atoms with Crippen molar-refractivity contribution in [2.24, 2.45) is 5.73 Å². The van der Waals surface area contributed by atoms with Crippen LogP contribution in [0.2, 0.25) is 0 Å². The Hall–Kier alpha value is -1.34. The molecule has 0 saturated carbocycles. The van der Waals surface area contributed by atoms with E-state index < -0.39 is 15.7 Å². The van der Waals surface area contributed by atoms with E-state index in [1.807, 2.05) is 11.0 Å². The zero-order chi connectivity index (χ0) is 12.5. The Balaban J connectivity index is 2.00. The largest absolute Gasteiger partial charge is 0.364 e. The fourth-order valence-corrected chi connectivity index (χ4v) is 3.11. The van der Waals surface area contributed by atoms with Crippen molar-refractivity contribution in [1.82, 2.24) is 10.2 Å². The normalized spacial score (nSPS) is 28.2. The molecule has 3 N–H and O–H groups in total. The smallest absolute Gasteiger partial charge is 0.264 e. The molecule has 17 heavy (non-hydrogen) atoms. The monoisotopic (exact) mass is 257 g/mol. The van der Waals surface area contributed by atoms with Crippen molar-refractivity contribution >= 4 is 15.7 Å². The Morgan fingerprint density at radius 3 is 2.65 bits per heavy atom. The number of hydrogen-bond acceptors (Lipinski definition) is 5. The van der Waals surface area contributed by atoms with Gasteiger partial charge in [0.25, 0.3) is 5.91 Å². The molecule has 0 bridgehead atoms. The van der Waals surface area contributed by atoms with E-state index in [4.69, 9.17) is 5.73 Å². The van der Waals surface area contributed by atoms with Crippen molar-refractivity contribution in [3.05, 3.63) is 23.9 Å². The molecule has 2 aliphatic rings. The molecule has 2 heterocycles. The third kappa shape index (κ3) is 2.86. The molecule has 1 fully saturated rings. The number of sulfone groups is 1. The molecular weight excluding hydrogens is 242 g/mol. The standard InChI is InChI=1S/C10H15N3O3S/c11-10(14)8-2-1-3-9(12-8)13-4-6-17(15,16)7-5-13/h1-3,9,12H,4-7H2,(H2,11,14). The highest BCUT2D eigenvalue weighted by Crippen LogP contribution is 2.11. The van der Waals surface area contributed by atoms with Gasteiger partial charge in [0.15, 0.2) is 9.84 Å². The van der Waals surface area contributed by atoms with E-state index in [1.54, 1.807) is 12.2 Å². The number of nitrogens with one attached hydrogen (secondary N) is 1. The van der Waals surface area contributed by atoms with Crippen molar-refractivity contribution < 1.29 is 13.2 Å². The Bertz CT molecular complexity index is 467. The number of carbonyl (C=O) groups excluding carboxylic acids is 1. The summed E-state index contributed by atoms with van der Waals surface area (Å²) in [5.74, 6) is -0.188. The summed E-state index contributed by atoms with van der Waals surface area (Å²) in [5, 5.41) is 2.98. The summed E-state index contributed by atoms with van der Waals surface area (Å²) < 4.78 is 22.6. The molecule has 6 nitrogen and oxygen atoms in total. The second-order valence-electron chi connectivity index (χ2n) is 4.11. The van der Waals surface area contributed by atoms with Gasteiger partial charge in [-0.25, -0.2) is 8.42 Å². The minimum Gasteiger partial charge on any atom is -0.364 e. The van der Waals surface area contributed by atoms with Gasteiger partial charge in [-0.05, 0) is 12.2 Å². The van der Waals surface area contributed by atoms with Crippen LogP contribution in [-0.2, 0) is 14.6 Å². The number of allylic oxidation sites excluding steroid dienone is 2. The zero-order valence-electron chi connectivity index (χ0n) is 9.30. The van der Waals surface area contributed by atoms with Crippen molar-refractivity contribution in [1.29, 1.82) is 0 Å². The first-order valence-corrected chi connectivity index (χ1v) is 7.19. The van der Waals surface area contributed by atoms with Crippen LogP contribution < -0.4 is 11.1 Å². The summed E-state index contributed by atoms with van der Waals surface area (Å²) >= 11 is 0. The Labute approximate surface area is 100 Å². The second kappa shape index (κ2) is 4.50. The van der Waals surface area contributed by atoms with Crippen molar-refractivity contribution in [3.8, 4) is 0 Å². The molecule has 1 saturated heterocycles. The molecule has 1 amide bonds. The van der Waals surface area contributed by atoms with Crippen molar-refractivity contribution in [2.75, 3.05) is 24.6 Å². The van der Waals surface area contributed by atoms with Gasteiger partial charge in [0, 0.05) is 13.1 Å². The topological polar surface area (TPSA) is 92.5 Å². The Morgan fingerprint density at radius 1 is 1.41 bits per heavy atom. The molecular formula is C10H15N3O3S. The van der Waals surface area contributed by atoms with Gasteiger partial charge >= 0.3 is 0 Å². The SMILES string of the molecule is NC(=O)C1=CC=CC(N2CCS(=O)(=O)CC2)N1. The van der Waals surface area contributed by atoms with Gasteiger partial charge in [-0.2, -0.15) is 0 Å². The van der Waals surface area contributed by atoms with Crippen LogP contribution in [-0.4, -0.2) is 50.0 Å². The molecule has 0 spiro atoms. The third-order valence-electron chi connectivity index (χ3n) is 2.90. The molecule has 0 aromatic carbocycles. The zero-order valence-corrected chi connectivity index (χ0v) is 10.1. The van der Waals surface area contributed by atoms with Gasteiger partial charge in [-0.1, -0.05) is 6.08 Å². The summed E-state index contributed by atoms with van der Waals surface area (Å²) in [4.78, 5) is 13.0. The van der Waals surface area contributed by atoms with Crippen LogP contribution in [0.1, 0.15) is 0 Å². The number of primary amides is 1. The van der Waals surface area contributed by atoms with Gasteiger partial charge in [0.1, 0.15) is 5.70 Å². The number of carbonyl (C=O) groups is 1. The summed E-state index contributed by atoms with van der Waals surface area (Å²) in [5.41, 5.74) is 5.54. The molecule has 7 heteroatoms. The first kappa shape index (κ1) is 12.1. The molecule has 0 aromatic heterocycles. The Kier molecular flexibility index (Phi) is 3.21. The lowest BCUT2D eigenvalue weighted by molar-refractivity contribution is -0.115. The van der Waals surface area contributed by atoms with Gasteiger partial charge in [0.05, 0.1) is 17.7 Å². The number of nitrogens with zero attached hydrogens (tertiary/aromatic N) is 1. The average Bonchev–Trinajstić information content (AvgIpc) is 2.29. The second-order valence-corrected chi connectivity index (χ2v) is 6.41. The summed E-state index contributed by atoms with van der Waals surface area (Å²) in [6.45, 7) is 0.937. The first-order valence-electron chi connectivity index (χ1n) is 5.37. The van der Waals surface area contributed by atoms with E-state index >= 15 is 0 Å². The maximum atomic E-state index is 11.3. The maximum absolute atomic E-state index is 11.3. The van der Waals surface area contributed by atoms with E-state index in [1.165, 1.54) is 0 Å². The van der Waals surface area contributed by atoms with Gasteiger partial charge < -0.3 is 11.1 Å². The fourth-order valence-electron chi connectivity index (χ4n) is 1.88. The average molecular weight is 257 g/mol. The molecule has 0 aliphatic carbocycles. The van der Waals surface area contributed by atoms with Crippen LogP contribution in [0.4, 0.5) is 0 Å². The minimum absolute atomic E-state index is 0.155. The molecule has 2 aliphatic heterocycles. The van der Waals surface area contributed by atoms with E-state index in [0.29, 0.717) is 18.8 Å². The fraction of sp³-hybridized carbons (Fsp3) is 0.500. The van der Waals surface area contributed by atoms with Gasteiger partial charge in [-0.3, -0.25) is 9.69 Å². The lowest BCUT2D eigenvalue weighted by Gasteiger charge is -2.34. The molecule has 1 unspecified atom stereocenters. The van der Waals surface area contributed by atoms with E-state index in [-0.39, 0.29) is 17.7 Å². The molecule has 2 rings (SSSR count). The lowest BCUT2D eigenvalue weighted by Crippen LogP contribution is -2.52. The minimum atomic E-state index is -2.88. The van der Waals surface area contributed by atoms with Crippen molar-refractivity contribution in [3.63, 3.8) is 0 Å². The number of nitrogens with two attached hydrogens (primary N) is 1. The van der Waals surface area contributed by atoms with E-state index in [0.717, 1.165) is 0 Å². The molecule has 0 radical (unpaired) electrons. The first-order chi connectivity index (χ1) is 7.98. The van der Waals surface area contributed by atoms with E-state index in [9.17, 15) is 13.2 Å². The van der Waals surface area contributed by atoms with Crippen LogP contribution in [0, 0.1) is 0 Å². The number of hydrogen-bond donors (Lipinski definition) is 2. The summed E-state index contributed by atoms with van der Waals surface area (Å²) in [6.07, 6.45) is 5.09. The highest BCUT2D eigenvalue weighted by molar-refractivity contribution is 7.91. The van der Waals surface area contributed by atoms with Crippen LogP contribution in [0.15, 0.2) is 23.9 Å². The predicted molar refractivity (Wildman–Crippen MR) is 63.6 cm³/mol. The predicted octanol–water partition coefficient (Wildman–Crippen LogP) is -1.43. The van der Waals surface area contributed by atoms with E-state index in [2.05, 4.69) is 5.32 Å². The van der Waals surface area contributed by atoms with Gasteiger partial charge in [-0.15, -0.1) is 0 Å². The third-order valence-corrected chi connectivity index (χ3v) is 4.51. The highest BCUT2D eigenvalue weighted by atomic mass is 32.2. The van der Waals surface area contributed by atoms with Gasteiger partial charge in [0.2, 0.25) is 0 Å². The summed E-state index contributed by atoms with van der Waals surface area (Å²) in [6, 6.07) is 0. The van der Waals surface area contributed by atoms with Crippen LogP contribution in [0.5, 0.6) is 0 Å². The number of amides is 1. The number of dihydropyridines is 1. The number of rotatable bonds is 2. The van der Waals surface area contributed by atoms with Crippen molar-refractivity contribution in [2.45, 2.75) is 6.17 Å². The molecule has 0 aromatic rings. The van der Waals surface area contributed by atoms with Crippen LogP contribution >= 0.6 is 0 Å². The Morgan fingerprint density at radius 2 is 2.06 bits per heavy atom. The lowest BCUT2D eigenvalue weighted by atomic mass is 10.2. The molecule has 1 atom stereocenters. The maximum Gasteiger partial charge on any atom is 0.264 e. The van der Waals surface area contributed by atoms with Crippen LogP contribution in [0.3, 0.4) is 0 Å².